The number of amides is 3. The molecule has 2 heterocycles. The summed E-state index contributed by atoms with van der Waals surface area (Å²) in [6, 6.07) is -4.41. The molecule has 2 aromatic heterocycles. The molecule has 0 bridgehead atoms. The van der Waals surface area contributed by atoms with Gasteiger partial charge in [-0.25, -0.2) is 14.8 Å². The second-order valence-corrected chi connectivity index (χ2v) is 9.31. The van der Waals surface area contributed by atoms with E-state index in [1.807, 2.05) is 0 Å². The van der Waals surface area contributed by atoms with Gasteiger partial charge in [-0.15, -0.1) is 0 Å². The first-order chi connectivity index (χ1) is 18.5. The van der Waals surface area contributed by atoms with Gasteiger partial charge in [0.25, 0.3) is 0 Å². The number of hydrogen-bond donors (Lipinski definition) is 9. The summed E-state index contributed by atoms with van der Waals surface area (Å²) in [5, 5.41) is 17.2. The van der Waals surface area contributed by atoms with Crippen LogP contribution in [0.5, 0.6) is 0 Å². The van der Waals surface area contributed by atoms with Gasteiger partial charge in [0, 0.05) is 43.2 Å². The Morgan fingerprint density at radius 2 is 1.49 bits per heavy atom. The highest BCUT2D eigenvalue weighted by atomic mass is 16.4. The minimum Gasteiger partial charge on any atom is -0.480 e. The number of imidazole rings is 2. The molecule has 0 aliphatic heterocycles. The van der Waals surface area contributed by atoms with Gasteiger partial charge in [-0.2, -0.15) is 0 Å². The molecule has 0 fully saturated rings. The summed E-state index contributed by atoms with van der Waals surface area (Å²) < 4.78 is 0. The molecule has 0 aliphatic carbocycles. The van der Waals surface area contributed by atoms with Gasteiger partial charge in [0.1, 0.15) is 18.1 Å². The third-order valence-electron chi connectivity index (χ3n) is 5.75. The predicted molar refractivity (Wildman–Crippen MR) is 141 cm³/mol. The van der Waals surface area contributed by atoms with Crippen molar-refractivity contribution < 1.29 is 24.3 Å². The zero-order chi connectivity index (χ0) is 28.9. The number of aliphatic carboxylic acids is 1. The number of nitrogens with one attached hydrogen (secondary N) is 5. The molecule has 0 radical (unpaired) electrons. The van der Waals surface area contributed by atoms with Crippen LogP contribution in [0.15, 0.2) is 30.0 Å². The lowest BCUT2D eigenvalue weighted by Crippen LogP contribution is -2.58. The Bertz CT molecular complexity index is 1100. The smallest absolute Gasteiger partial charge is 0.326 e. The third-order valence-corrected chi connectivity index (χ3v) is 5.75. The van der Waals surface area contributed by atoms with Crippen LogP contribution in [-0.4, -0.2) is 85.4 Å². The summed E-state index contributed by atoms with van der Waals surface area (Å²) in [6.45, 7) is 3.48. The summed E-state index contributed by atoms with van der Waals surface area (Å²) in [5.41, 5.74) is 17.9. The molecule has 0 aliphatic rings. The van der Waals surface area contributed by atoms with Crippen LogP contribution in [-0.2, 0) is 32.0 Å². The van der Waals surface area contributed by atoms with E-state index in [4.69, 9.17) is 17.2 Å². The van der Waals surface area contributed by atoms with Crippen molar-refractivity contribution in [3.63, 3.8) is 0 Å². The van der Waals surface area contributed by atoms with Crippen molar-refractivity contribution in [1.82, 2.24) is 35.9 Å². The monoisotopic (exact) mass is 547 g/mol. The number of nitrogens with two attached hydrogens (primary N) is 3. The van der Waals surface area contributed by atoms with Gasteiger partial charge in [0.05, 0.1) is 18.7 Å². The maximum Gasteiger partial charge on any atom is 0.326 e. The molecule has 0 saturated carbocycles. The number of aromatic nitrogens is 4. The summed E-state index contributed by atoms with van der Waals surface area (Å²) in [5.74, 6) is -3.71. The summed E-state index contributed by atoms with van der Waals surface area (Å²) >= 11 is 0. The fraction of sp³-hybridized carbons (Fsp3) is 0.522. The predicted octanol–water partition coefficient (Wildman–Crippen LogP) is -2.51. The van der Waals surface area contributed by atoms with Crippen LogP contribution in [0.1, 0.15) is 38.1 Å². The lowest BCUT2D eigenvalue weighted by molar-refractivity contribution is -0.143. The van der Waals surface area contributed by atoms with Gasteiger partial charge in [-0.1, -0.05) is 13.8 Å². The summed E-state index contributed by atoms with van der Waals surface area (Å²) in [6.07, 6.45) is 6.51. The molecule has 0 spiro atoms. The van der Waals surface area contributed by atoms with Crippen LogP contribution in [0.4, 0.5) is 0 Å². The van der Waals surface area contributed by atoms with Crippen LogP contribution < -0.4 is 33.2 Å². The minimum atomic E-state index is -1.21. The zero-order valence-electron chi connectivity index (χ0n) is 21.9. The molecular formula is C23H37N11O5. The SMILES string of the molecule is CC(C)C(NC(=O)C(CCCN=C(N)N)NC(=O)C(Cc1cnc[nH]1)NC(=O)C(N)Cc1cnc[nH]1)C(=O)O. The van der Waals surface area contributed by atoms with Crippen LogP contribution in [0.25, 0.3) is 0 Å². The van der Waals surface area contributed by atoms with E-state index in [0.717, 1.165) is 0 Å². The fourth-order valence-electron chi connectivity index (χ4n) is 3.64. The Hall–Kier alpha value is -4.47. The summed E-state index contributed by atoms with van der Waals surface area (Å²) in [4.78, 5) is 68.3. The van der Waals surface area contributed by atoms with Crippen LogP contribution in [0.3, 0.4) is 0 Å². The number of hydrogen-bond acceptors (Lipinski definition) is 8. The lowest BCUT2D eigenvalue weighted by Gasteiger charge is -2.26. The highest BCUT2D eigenvalue weighted by Gasteiger charge is 2.31. The number of carboxylic acids is 1. The molecule has 2 aromatic rings. The average Bonchev–Trinajstić information content (AvgIpc) is 3.57. The molecule has 16 heteroatoms. The first kappa shape index (κ1) is 30.8. The minimum absolute atomic E-state index is 0.0282. The van der Waals surface area contributed by atoms with E-state index in [2.05, 4.69) is 40.9 Å². The molecule has 4 atom stereocenters. The van der Waals surface area contributed by atoms with Crippen molar-refractivity contribution in [1.29, 1.82) is 0 Å². The largest absolute Gasteiger partial charge is 0.480 e. The first-order valence-electron chi connectivity index (χ1n) is 12.4. The number of aromatic amines is 2. The zero-order valence-corrected chi connectivity index (χ0v) is 21.9. The Morgan fingerprint density at radius 1 is 0.923 bits per heavy atom. The molecule has 0 saturated heterocycles. The molecule has 39 heavy (non-hydrogen) atoms. The highest BCUT2D eigenvalue weighted by Crippen LogP contribution is 2.07. The Kier molecular flexibility index (Phi) is 11.9. The van der Waals surface area contributed by atoms with Crippen molar-refractivity contribution >= 4 is 29.7 Å². The number of nitrogens with zero attached hydrogens (tertiary/aromatic N) is 3. The van der Waals surface area contributed by atoms with Gasteiger partial charge < -0.3 is 48.2 Å². The van der Waals surface area contributed by atoms with E-state index in [-0.39, 0.29) is 31.8 Å². The topological polar surface area (TPSA) is 272 Å². The number of carboxylic acid groups (broad SMARTS) is 1. The molecule has 0 aromatic carbocycles. The van der Waals surface area contributed by atoms with Crippen molar-refractivity contribution in [3.8, 4) is 0 Å². The van der Waals surface area contributed by atoms with E-state index in [1.165, 1.54) is 25.0 Å². The van der Waals surface area contributed by atoms with E-state index >= 15 is 0 Å². The number of aliphatic imine (C=N–C) groups is 1. The van der Waals surface area contributed by atoms with Crippen molar-refractivity contribution in [2.75, 3.05) is 6.54 Å². The van der Waals surface area contributed by atoms with Gasteiger partial charge in [-0.3, -0.25) is 19.4 Å². The maximum absolute atomic E-state index is 13.4. The Morgan fingerprint density at radius 3 is 2.00 bits per heavy atom. The number of carbonyl (C=O) groups is 4. The van der Waals surface area contributed by atoms with Gasteiger partial charge in [-0.05, 0) is 18.8 Å². The standard InChI is InChI=1S/C23H37N11O5/c1-12(2)18(22(38)39)34-20(36)16(4-3-5-29-23(25)26)32-21(37)17(7-14-9-28-11-31-14)33-19(35)15(24)6-13-8-27-10-30-13/h8-12,15-18H,3-7,24H2,1-2H3,(H,27,30)(H,28,31)(H,32,37)(H,33,35)(H,34,36)(H,38,39)(H4,25,26,29). The maximum atomic E-state index is 13.4. The lowest BCUT2D eigenvalue weighted by atomic mass is 10.0. The van der Waals surface area contributed by atoms with E-state index < -0.39 is 53.8 Å². The van der Waals surface area contributed by atoms with Gasteiger partial charge >= 0.3 is 5.97 Å². The number of H-pyrrole nitrogens is 2. The van der Waals surface area contributed by atoms with Gasteiger partial charge in [0.2, 0.25) is 17.7 Å². The van der Waals surface area contributed by atoms with Crippen LogP contribution in [0.2, 0.25) is 0 Å². The number of guanidine groups is 1. The molecule has 16 nitrogen and oxygen atoms in total. The van der Waals surface area contributed by atoms with Crippen molar-refractivity contribution in [3.05, 3.63) is 36.4 Å². The van der Waals surface area contributed by atoms with E-state index in [9.17, 15) is 24.3 Å². The van der Waals surface area contributed by atoms with E-state index in [0.29, 0.717) is 17.8 Å². The molecular weight excluding hydrogens is 510 g/mol. The highest BCUT2D eigenvalue weighted by molar-refractivity contribution is 5.94. The van der Waals surface area contributed by atoms with E-state index in [1.54, 1.807) is 13.8 Å². The van der Waals surface area contributed by atoms with Crippen LogP contribution >= 0.6 is 0 Å². The average molecular weight is 548 g/mol. The third kappa shape index (κ3) is 10.4. The fourth-order valence-corrected chi connectivity index (χ4v) is 3.64. The molecule has 2 rings (SSSR count). The molecule has 3 amide bonds. The Balaban J connectivity index is 2.19. The normalized spacial score (nSPS) is 14.1. The van der Waals surface area contributed by atoms with Crippen LogP contribution in [0, 0.1) is 5.92 Å². The quantitative estimate of drug-likeness (QED) is 0.0605. The van der Waals surface area contributed by atoms with Crippen molar-refractivity contribution in [2.45, 2.75) is 63.7 Å². The molecule has 4 unspecified atom stereocenters. The number of rotatable bonds is 16. The van der Waals surface area contributed by atoms with Gasteiger partial charge in [0.15, 0.2) is 5.96 Å². The molecule has 12 N–H and O–H groups in total. The Labute approximate surface area is 225 Å². The van der Waals surface area contributed by atoms with Crippen molar-refractivity contribution in [2.24, 2.45) is 28.1 Å². The number of carbonyl (C=O) groups excluding carboxylic acids is 3. The second-order valence-electron chi connectivity index (χ2n) is 9.31. The first-order valence-corrected chi connectivity index (χ1v) is 12.4. The summed E-state index contributed by atoms with van der Waals surface area (Å²) in [7, 11) is 0. The molecule has 214 valence electrons. The second kappa shape index (κ2) is 15.1.